The molecule has 4 rings (SSSR count). The Balaban J connectivity index is 0.000000541. The quantitative estimate of drug-likeness (QED) is 0.455. The molecule has 1 aromatic heterocycles. The molecule has 0 saturated carbocycles. The number of imidazole rings is 1. The number of rotatable bonds is 6. The zero-order valence-electron chi connectivity index (χ0n) is 17.5. The molecule has 2 atom stereocenters. The number of hydrogen-bond acceptors (Lipinski definition) is 4. The molecule has 0 radical (unpaired) electrons. The van der Waals surface area contributed by atoms with Crippen molar-refractivity contribution in [1.82, 2.24) is 9.97 Å². The van der Waals surface area contributed by atoms with E-state index in [1.54, 1.807) is 67.3 Å². The maximum absolute atomic E-state index is 12.6. The maximum Gasteiger partial charge on any atom is 0.335 e. The van der Waals surface area contributed by atoms with E-state index in [0.29, 0.717) is 5.56 Å². The Hall–Kier alpha value is -4.46. The highest BCUT2D eigenvalue weighted by Crippen LogP contribution is 2.50. The van der Waals surface area contributed by atoms with Crippen molar-refractivity contribution in [3.63, 3.8) is 0 Å². The summed E-state index contributed by atoms with van der Waals surface area (Å²) in [4.78, 5) is 43.2. The number of aromatic amines is 1. The van der Waals surface area contributed by atoms with E-state index in [1.165, 1.54) is 24.3 Å². The summed E-state index contributed by atoms with van der Waals surface area (Å²) in [7, 11) is 0. The number of nitrogens with one attached hydrogen (secondary N) is 1. The Morgan fingerprint density at radius 3 is 1.97 bits per heavy atom. The Morgan fingerprint density at radius 2 is 1.52 bits per heavy atom. The first-order chi connectivity index (χ1) is 15.8. The van der Waals surface area contributed by atoms with Crippen LogP contribution in [-0.4, -0.2) is 43.2 Å². The van der Waals surface area contributed by atoms with Gasteiger partial charge in [0.1, 0.15) is 10.8 Å². The molecule has 2 aromatic carbocycles. The molecule has 168 valence electrons. The van der Waals surface area contributed by atoms with Crippen molar-refractivity contribution in [2.24, 2.45) is 5.41 Å². The summed E-state index contributed by atoms with van der Waals surface area (Å²) < 4.78 is 0. The monoisotopic (exact) mass is 446 g/mol. The molecule has 4 N–H and O–H groups in total. The van der Waals surface area contributed by atoms with Gasteiger partial charge in [-0.15, -0.1) is 0 Å². The lowest BCUT2D eigenvalue weighted by Crippen LogP contribution is -2.56. The lowest BCUT2D eigenvalue weighted by atomic mass is 9.55. The van der Waals surface area contributed by atoms with Crippen LogP contribution in [0.5, 0.6) is 0 Å². The number of carboxylic acid groups (broad SMARTS) is 3. The summed E-state index contributed by atoms with van der Waals surface area (Å²) in [6, 6.07) is 16.6. The van der Waals surface area contributed by atoms with Gasteiger partial charge in [0, 0.05) is 12.4 Å². The average Bonchev–Trinajstić information content (AvgIpc) is 3.40. The number of hydrogen-bond donors (Lipinski definition) is 4. The third-order valence-electron chi connectivity index (χ3n) is 5.55. The van der Waals surface area contributed by atoms with Gasteiger partial charge in [0.05, 0.1) is 11.9 Å². The predicted molar refractivity (Wildman–Crippen MR) is 119 cm³/mol. The first-order valence-corrected chi connectivity index (χ1v) is 9.98. The SMILES string of the molecule is O=C(O)C1=CC(C(=O)O)(c2ccccc2)C(Cc2ccccc2)(C(=O)O)C=C1.c1c[nH]cn1. The van der Waals surface area contributed by atoms with Gasteiger partial charge in [-0.3, -0.25) is 9.59 Å². The minimum absolute atomic E-state index is 0.121. The van der Waals surface area contributed by atoms with Gasteiger partial charge in [-0.1, -0.05) is 72.8 Å². The predicted octanol–water partition coefficient (Wildman–Crippen LogP) is 3.31. The van der Waals surface area contributed by atoms with Crippen molar-refractivity contribution in [2.75, 3.05) is 0 Å². The molecule has 2 unspecified atom stereocenters. The normalized spacial score (nSPS) is 21.3. The van der Waals surface area contributed by atoms with Crippen LogP contribution in [0, 0.1) is 5.41 Å². The summed E-state index contributed by atoms with van der Waals surface area (Å²) in [5, 5.41) is 29.9. The van der Waals surface area contributed by atoms with Crippen molar-refractivity contribution >= 4 is 17.9 Å². The molecular weight excluding hydrogens is 424 g/mol. The molecule has 0 amide bonds. The second kappa shape index (κ2) is 9.78. The molecule has 0 saturated heterocycles. The summed E-state index contributed by atoms with van der Waals surface area (Å²) in [6.45, 7) is 0. The zero-order chi connectivity index (χ0) is 23.9. The van der Waals surface area contributed by atoms with Gasteiger partial charge in [0.25, 0.3) is 0 Å². The molecule has 1 aliphatic rings. The highest BCUT2D eigenvalue weighted by molar-refractivity contribution is 6.00. The molecule has 8 heteroatoms. The molecule has 33 heavy (non-hydrogen) atoms. The van der Waals surface area contributed by atoms with Gasteiger partial charge in [0.15, 0.2) is 0 Å². The van der Waals surface area contributed by atoms with E-state index < -0.39 is 28.7 Å². The van der Waals surface area contributed by atoms with Crippen molar-refractivity contribution in [3.8, 4) is 0 Å². The highest BCUT2D eigenvalue weighted by atomic mass is 16.4. The van der Waals surface area contributed by atoms with Gasteiger partial charge >= 0.3 is 17.9 Å². The Labute approximate surface area is 189 Å². The minimum atomic E-state index is -2.10. The molecule has 8 nitrogen and oxygen atoms in total. The number of aromatic nitrogens is 2. The van der Waals surface area contributed by atoms with Crippen LogP contribution in [0.3, 0.4) is 0 Å². The standard InChI is InChI=1S/C22H18O6.C3H4N2/c23-18(24)16-11-12-21(19(25)26,13-15-7-3-1-4-8-15)22(14-16,20(27)28)17-9-5-2-6-10-17;1-2-5-3-4-1/h1-12,14H,13H2,(H,23,24)(H,25,26)(H,27,28);1-3H,(H,4,5). The molecule has 1 aliphatic carbocycles. The van der Waals surface area contributed by atoms with Crippen LogP contribution in [0.4, 0.5) is 0 Å². The number of nitrogens with zero attached hydrogens (tertiary/aromatic N) is 1. The molecule has 1 heterocycles. The van der Waals surface area contributed by atoms with Crippen LogP contribution >= 0.6 is 0 Å². The zero-order valence-corrected chi connectivity index (χ0v) is 17.5. The fourth-order valence-electron chi connectivity index (χ4n) is 3.97. The van der Waals surface area contributed by atoms with E-state index in [-0.39, 0.29) is 17.6 Å². The van der Waals surface area contributed by atoms with E-state index in [9.17, 15) is 29.7 Å². The number of carboxylic acids is 3. The summed E-state index contributed by atoms with van der Waals surface area (Å²) >= 11 is 0. The topological polar surface area (TPSA) is 141 Å². The van der Waals surface area contributed by atoms with Crippen molar-refractivity contribution in [3.05, 3.63) is 114 Å². The van der Waals surface area contributed by atoms with Crippen LogP contribution in [0.25, 0.3) is 0 Å². The highest BCUT2D eigenvalue weighted by Gasteiger charge is 2.61. The molecule has 0 fully saturated rings. The summed E-state index contributed by atoms with van der Waals surface area (Å²) in [5.74, 6) is -4.10. The van der Waals surface area contributed by atoms with E-state index in [1.807, 2.05) is 0 Å². The van der Waals surface area contributed by atoms with Crippen molar-refractivity contribution < 1.29 is 29.7 Å². The van der Waals surface area contributed by atoms with E-state index in [2.05, 4.69) is 9.97 Å². The summed E-state index contributed by atoms with van der Waals surface area (Å²) in [5.41, 5.74) is -3.46. The van der Waals surface area contributed by atoms with Gasteiger partial charge in [0.2, 0.25) is 0 Å². The third-order valence-corrected chi connectivity index (χ3v) is 5.55. The van der Waals surface area contributed by atoms with Crippen LogP contribution in [0.15, 0.2) is 103 Å². The third kappa shape index (κ3) is 4.45. The summed E-state index contributed by atoms with van der Waals surface area (Å²) in [6.07, 6.45) is 8.38. The van der Waals surface area contributed by atoms with E-state index in [4.69, 9.17) is 0 Å². The average molecular weight is 446 g/mol. The first kappa shape index (κ1) is 23.2. The number of benzene rings is 2. The van der Waals surface area contributed by atoms with Crippen LogP contribution in [0.1, 0.15) is 11.1 Å². The second-order valence-electron chi connectivity index (χ2n) is 7.42. The molecule has 0 bridgehead atoms. The van der Waals surface area contributed by atoms with Gasteiger partial charge < -0.3 is 20.3 Å². The van der Waals surface area contributed by atoms with Gasteiger partial charge in [-0.25, -0.2) is 9.78 Å². The molecule has 0 aliphatic heterocycles. The lowest BCUT2D eigenvalue weighted by Gasteiger charge is -2.44. The van der Waals surface area contributed by atoms with Crippen LogP contribution < -0.4 is 0 Å². The Kier molecular flexibility index (Phi) is 6.88. The molecule has 3 aromatic rings. The smallest absolute Gasteiger partial charge is 0.335 e. The maximum atomic E-state index is 12.6. The molecule has 0 spiro atoms. The number of carbonyl (C=O) groups is 3. The van der Waals surface area contributed by atoms with Crippen molar-refractivity contribution in [2.45, 2.75) is 11.8 Å². The van der Waals surface area contributed by atoms with Gasteiger partial charge in [-0.2, -0.15) is 0 Å². The van der Waals surface area contributed by atoms with Crippen LogP contribution in [-0.2, 0) is 26.2 Å². The second-order valence-corrected chi connectivity index (χ2v) is 7.42. The van der Waals surface area contributed by atoms with Gasteiger partial charge in [-0.05, 0) is 23.6 Å². The minimum Gasteiger partial charge on any atom is -0.481 e. The van der Waals surface area contributed by atoms with Crippen molar-refractivity contribution in [1.29, 1.82) is 0 Å². The Morgan fingerprint density at radius 1 is 0.879 bits per heavy atom. The van der Waals surface area contributed by atoms with E-state index >= 15 is 0 Å². The number of aliphatic carboxylic acids is 3. The lowest BCUT2D eigenvalue weighted by molar-refractivity contribution is -0.159. The number of H-pyrrole nitrogens is 1. The fraction of sp³-hybridized carbons (Fsp3) is 0.120. The van der Waals surface area contributed by atoms with Crippen LogP contribution in [0.2, 0.25) is 0 Å². The molecular formula is C25H22N2O6. The first-order valence-electron chi connectivity index (χ1n) is 9.98. The Bertz CT molecular complexity index is 1150. The fourth-order valence-corrected chi connectivity index (χ4v) is 3.97. The largest absolute Gasteiger partial charge is 0.481 e. The van der Waals surface area contributed by atoms with E-state index in [0.717, 1.165) is 6.08 Å².